The summed E-state index contributed by atoms with van der Waals surface area (Å²) in [5.74, 6) is 0. The van der Waals surface area contributed by atoms with Crippen molar-refractivity contribution >= 4 is 22.9 Å². The van der Waals surface area contributed by atoms with E-state index < -0.39 is 0 Å². The summed E-state index contributed by atoms with van der Waals surface area (Å²) in [7, 11) is 0. The van der Waals surface area contributed by atoms with Crippen LogP contribution in [0.25, 0.3) is 0 Å². The second kappa shape index (κ2) is 4.24. The molecule has 70 valence electrons. The van der Waals surface area contributed by atoms with Crippen LogP contribution in [0.2, 0.25) is 0 Å². The van der Waals surface area contributed by atoms with Gasteiger partial charge in [-0.2, -0.15) is 0 Å². The Morgan fingerprint density at radius 2 is 1.75 bits per heavy atom. The fraction of sp³-hybridized carbons (Fsp3) is 1.00. The first-order chi connectivity index (χ1) is 5.86. The van der Waals surface area contributed by atoms with Crippen molar-refractivity contribution in [3.63, 3.8) is 0 Å². The lowest BCUT2D eigenvalue weighted by atomic mass is 10.1. The first-order valence-corrected chi connectivity index (χ1v) is 5.97. The Morgan fingerprint density at radius 3 is 2.33 bits per heavy atom. The summed E-state index contributed by atoms with van der Waals surface area (Å²) in [5.41, 5.74) is 0. The topological polar surface area (TPSA) is 6.48 Å². The van der Waals surface area contributed by atoms with Crippen LogP contribution in [0.3, 0.4) is 0 Å². The highest BCUT2D eigenvalue weighted by molar-refractivity contribution is 14.1. The smallest absolute Gasteiger partial charge is 0.0243 e. The van der Waals surface area contributed by atoms with E-state index in [9.17, 15) is 0 Å². The third-order valence-corrected chi connectivity index (χ3v) is 3.90. The number of likely N-dealkylation sites (tertiary alicyclic amines) is 1. The van der Waals surface area contributed by atoms with E-state index in [1.165, 1.54) is 51.9 Å². The molecule has 0 unspecified atom stereocenters. The molecule has 3 heteroatoms. The van der Waals surface area contributed by atoms with Gasteiger partial charge in [0.25, 0.3) is 0 Å². The fourth-order valence-corrected chi connectivity index (χ4v) is 3.02. The largest absolute Gasteiger partial charge is 0.299 e. The average molecular weight is 280 g/mol. The predicted molar refractivity (Wildman–Crippen MR) is 59.4 cm³/mol. The van der Waals surface area contributed by atoms with Crippen LogP contribution in [-0.2, 0) is 0 Å². The Kier molecular flexibility index (Phi) is 3.26. The van der Waals surface area contributed by atoms with Crippen molar-refractivity contribution in [3.8, 4) is 0 Å². The molecule has 0 aromatic heterocycles. The molecule has 2 aliphatic rings. The van der Waals surface area contributed by atoms with Crippen molar-refractivity contribution in [2.24, 2.45) is 0 Å². The standard InChI is InChI=1S/C9H17IN2/c10-12-7-4-9(8-12)11-5-2-1-3-6-11/h9H,1-8H2/t9-/m0/s1. The summed E-state index contributed by atoms with van der Waals surface area (Å²) in [6, 6.07) is 0.877. The van der Waals surface area contributed by atoms with Crippen molar-refractivity contribution in [2.75, 3.05) is 26.2 Å². The van der Waals surface area contributed by atoms with Crippen LogP contribution < -0.4 is 0 Å². The average Bonchev–Trinajstić information content (AvgIpc) is 2.54. The van der Waals surface area contributed by atoms with E-state index in [1.54, 1.807) is 0 Å². The van der Waals surface area contributed by atoms with Gasteiger partial charge >= 0.3 is 0 Å². The maximum absolute atomic E-state index is 2.70. The van der Waals surface area contributed by atoms with Gasteiger partial charge in [0, 0.05) is 42.0 Å². The van der Waals surface area contributed by atoms with Gasteiger partial charge < -0.3 is 0 Å². The Labute approximate surface area is 88.8 Å². The van der Waals surface area contributed by atoms with Crippen LogP contribution >= 0.6 is 22.9 Å². The maximum atomic E-state index is 2.70. The normalized spacial score (nSPS) is 34.2. The molecule has 0 aromatic rings. The van der Waals surface area contributed by atoms with Gasteiger partial charge in [0.05, 0.1) is 0 Å². The van der Waals surface area contributed by atoms with Crippen LogP contribution in [0, 0.1) is 0 Å². The van der Waals surface area contributed by atoms with Gasteiger partial charge in [0.2, 0.25) is 0 Å². The number of hydrogen-bond acceptors (Lipinski definition) is 2. The highest BCUT2D eigenvalue weighted by atomic mass is 127. The first kappa shape index (κ1) is 9.21. The van der Waals surface area contributed by atoms with Gasteiger partial charge in [0.15, 0.2) is 0 Å². The van der Waals surface area contributed by atoms with Gasteiger partial charge in [-0.3, -0.25) is 4.90 Å². The van der Waals surface area contributed by atoms with Crippen molar-refractivity contribution in [2.45, 2.75) is 31.7 Å². The van der Waals surface area contributed by atoms with Crippen molar-refractivity contribution in [1.29, 1.82) is 0 Å². The number of halogens is 1. The molecule has 2 fully saturated rings. The Bertz CT molecular complexity index is 143. The molecule has 12 heavy (non-hydrogen) atoms. The number of rotatable bonds is 1. The van der Waals surface area contributed by atoms with Gasteiger partial charge in [-0.1, -0.05) is 6.42 Å². The Morgan fingerprint density at radius 1 is 1.00 bits per heavy atom. The zero-order valence-electron chi connectivity index (χ0n) is 7.51. The zero-order valence-corrected chi connectivity index (χ0v) is 9.66. The van der Waals surface area contributed by atoms with Gasteiger partial charge in [-0.05, 0) is 32.4 Å². The molecule has 2 aliphatic heterocycles. The Balaban J connectivity index is 1.83. The van der Waals surface area contributed by atoms with E-state index in [0.29, 0.717) is 0 Å². The van der Waals surface area contributed by atoms with Crippen molar-refractivity contribution < 1.29 is 0 Å². The zero-order chi connectivity index (χ0) is 8.39. The minimum absolute atomic E-state index is 0.877. The summed E-state index contributed by atoms with van der Waals surface area (Å²) in [6.07, 6.45) is 5.70. The predicted octanol–water partition coefficient (Wildman–Crippen LogP) is 1.90. The number of hydrogen-bond donors (Lipinski definition) is 0. The lowest BCUT2D eigenvalue weighted by molar-refractivity contribution is 0.171. The summed E-state index contributed by atoms with van der Waals surface area (Å²) < 4.78 is 2.43. The molecule has 2 saturated heterocycles. The molecule has 2 rings (SSSR count). The molecule has 1 atom stereocenters. The Hall–Kier alpha value is 0.650. The highest BCUT2D eigenvalue weighted by Gasteiger charge is 2.26. The molecule has 0 amide bonds. The molecular formula is C9H17IN2. The maximum Gasteiger partial charge on any atom is 0.0243 e. The molecule has 0 aromatic carbocycles. The minimum atomic E-state index is 0.877. The molecule has 0 bridgehead atoms. The highest BCUT2D eigenvalue weighted by Crippen LogP contribution is 2.21. The molecule has 0 saturated carbocycles. The summed E-state index contributed by atoms with van der Waals surface area (Å²) in [6.45, 7) is 5.30. The second-order valence-corrected chi connectivity index (χ2v) is 5.27. The first-order valence-electron chi connectivity index (χ1n) is 5.01. The second-order valence-electron chi connectivity index (χ2n) is 3.91. The van der Waals surface area contributed by atoms with Gasteiger partial charge in [-0.15, -0.1) is 0 Å². The lowest BCUT2D eigenvalue weighted by Gasteiger charge is -2.31. The minimum Gasteiger partial charge on any atom is -0.299 e. The van der Waals surface area contributed by atoms with Crippen LogP contribution in [0.5, 0.6) is 0 Å². The van der Waals surface area contributed by atoms with Crippen LogP contribution in [0.15, 0.2) is 0 Å². The lowest BCUT2D eigenvalue weighted by Crippen LogP contribution is -2.40. The molecule has 0 aliphatic carbocycles. The van der Waals surface area contributed by atoms with E-state index in [0.717, 1.165) is 6.04 Å². The van der Waals surface area contributed by atoms with Crippen molar-refractivity contribution in [1.82, 2.24) is 8.01 Å². The molecule has 0 radical (unpaired) electrons. The monoisotopic (exact) mass is 280 g/mol. The van der Waals surface area contributed by atoms with E-state index in [4.69, 9.17) is 0 Å². The van der Waals surface area contributed by atoms with Crippen LogP contribution in [0.1, 0.15) is 25.7 Å². The van der Waals surface area contributed by atoms with Gasteiger partial charge in [-0.25, -0.2) is 3.11 Å². The summed E-state index contributed by atoms with van der Waals surface area (Å²) in [4.78, 5) is 2.70. The summed E-state index contributed by atoms with van der Waals surface area (Å²) in [5, 5.41) is 0. The molecule has 2 heterocycles. The number of nitrogens with zero attached hydrogens (tertiary/aromatic N) is 2. The van der Waals surface area contributed by atoms with E-state index in [2.05, 4.69) is 30.9 Å². The number of piperidine rings is 1. The van der Waals surface area contributed by atoms with Crippen molar-refractivity contribution in [3.05, 3.63) is 0 Å². The fourth-order valence-electron chi connectivity index (χ4n) is 2.28. The SMILES string of the molecule is IN1CC[C@H](N2CCCCC2)C1. The third kappa shape index (κ3) is 2.12. The molecular weight excluding hydrogens is 263 g/mol. The van der Waals surface area contributed by atoms with E-state index in [1.807, 2.05) is 0 Å². The molecule has 0 N–H and O–H groups in total. The van der Waals surface area contributed by atoms with E-state index >= 15 is 0 Å². The molecule has 2 nitrogen and oxygen atoms in total. The van der Waals surface area contributed by atoms with Crippen LogP contribution in [0.4, 0.5) is 0 Å². The quantitative estimate of drug-likeness (QED) is 0.534. The van der Waals surface area contributed by atoms with Gasteiger partial charge in [0.1, 0.15) is 0 Å². The third-order valence-electron chi connectivity index (χ3n) is 3.02. The van der Waals surface area contributed by atoms with Crippen LogP contribution in [-0.4, -0.2) is 40.2 Å². The summed E-state index contributed by atoms with van der Waals surface area (Å²) >= 11 is 2.45. The molecule has 0 spiro atoms. The van der Waals surface area contributed by atoms with E-state index in [-0.39, 0.29) is 0 Å².